The molecule has 7 nitrogen and oxygen atoms in total. The van der Waals surface area contributed by atoms with Crippen molar-refractivity contribution in [1.82, 2.24) is 15.3 Å². The zero-order valence-corrected chi connectivity index (χ0v) is 21.5. The Balaban J connectivity index is 1.25. The molecule has 2 N–H and O–H groups in total. The van der Waals surface area contributed by atoms with Crippen LogP contribution < -0.4 is 20.4 Å². The lowest BCUT2D eigenvalue weighted by Gasteiger charge is -2.32. The summed E-state index contributed by atoms with van der Waals surface area (Å²) >= 11 is 11.5. The van der Waals surface area contributed by atoms with E-state index in [2.05, 4.69) is 33.4 Å². The molecule has 0 spiro atoms. The van der Waals surface area contributed by atoms with Crippen LogP contribution >= 0.6 is 23.8 Å². The van der Waals surface area contributed by atoms with Gasteiger partial charge in [-0.2, -0.15) is 9.97 Å². The molecule has 2 aliphatic rings. The van der Waals surface area contributed by atoms with Crippen molar-refractivity contribution in [2.45, 2.75) is 39.2 Å². The number of hydrogen-bond acceptors (Lipinski definition) is 6. The van der Waals surface area contributed by atoms with E-state index in [1.807, 2.05) is 36.4 Å². The second-order valence-electron chi connectivity index (χ2n) is 9.38. The topological polar surface area (TPSA) is 69.5 Å². The lowest BCUT2D eigenvalue weighted by molar-refractivity contribution is 0.444. The number of furan rings is 1. The monoisotopic (exact) mass is 510 g/mol. The molecule has 0 bridgehead atoms. The third kappa shape index (κ3) is 6.05. The van der Waals surface area contributed by atoms with E-state index in [-0.39, 0.29) is 0 Å². The SMILES string of the molecule is CC1CCCN(c2cc(N3CCCC3)nc(NC(=S)NCc3ccc(-c4ccc(Cl)cc4)o3)n2)C1. The Morgan fingerprint density at radius 2 is 1.74 bits per heavy atom. The van der Waals surface area contributed by atoms with Crippen LogP contribution in [0, 0.1) is 5.92 Å². The van der Waals surface area contributed by atoms with Gasteiger partial charge >= 0.3 is 0 Å². The predicted octanol–water partition coefficient (Wildman–Crippen LogP) is 5.71. The molecule has 2 aliphatic heterocycles. The molecule has 0 saturated carbocycles. The number of rotatable bonds is 6. The fraction of sp³-hybridized carbons (Fsp3) is 0.423. The maximum Gasteiger partial charge on any atom is 0.232 e. The quantitative estimate of drug-likeness (QED) is 0.408. The van der Waals surface area contributed by atoms with Gasteiger partial charge in [-0.15, -0.1) is 0 Å². The zero-order valence-electron chi connectivity index (χ0n) is 20.0. The second kappa shape index (κ2) is 10.8. The van der Waals surface area contributed by atoms with E-state index < -0.39 is 0 Å². The first kappa shape index (κ1) is 23.9. The summed E-state index contributed by atoms with van der Waals surface area (Å²) in [7, 11) is 0. The summed E-state index contributed by atoms with van der Waals surface area (Å²) in [5, 5.41) is 7.58. The lowest BCUT2D eigenvalue weighted by atomic mass is 10.0. The van der Waals surface area contributed by atoms with E-state index in [1.165, 1.54) is 25.7 Å². The smallest absolute Gasteiger partial charge is 0.232 e. The van der Waals surface area contributed by atoms with Gasteiger partial charge in [0, 0.05) is 42.8 Å². The van der Waals surface area contributed by atoms with Crippen molar-refractivity contribution in [3.8, 4) is 11.3 Å². The molecular weight excluding hydrogens is 480 g/mol. The highest BCUT2D eigenvalue weighted by Gasteiger charge is 2.22. The van der Waals surface area contributed by atoms with Gasteiger partial charge in [0.2, 0.25) is 5.95 Å². The Kier molecular flexibility index (Phi) is 7.39. The summed E-state index contributed by atoms with van der Waals surface area (Å²) in [6, 6.07) is 13.6. The summed E-state index contributed by atoms with van der Waals surface area (Å²) in [6.45, 7) is 6.87. The van der Waals surface area contributed by atoms with Gasteiger partial charge in [0.1, 0.15) is 23.2 Å². The fourth-order valence-electron chi connectivity index (χ4n) is 4.70. The van der Waals surface area contributed by atoms with E-state index in [0.717, 1.165) is 54.9 Å². The van der Waals surface area contributed by atoms with Crippen LogP contribution in [0.4, 0.5) is 17.6 Å². The Bertz CT molecular complexity index is 1160. The number of nitrogens with zero attached hydrogens (tertiary/aromatic N) is 4. The summed E-state index contributed by atoms with van der Waals surface area (Å²) < 4.78 is 5.97. The molecule has 4 heterocycles. The number of anilines is 3. The van der Waals surface area contributed by atoms with Crippen LogP contribution in [0.15, 0.2) is 46.9 Å². The molecule has 0 aliphatic carbocycles. The first-order valence-corrected chi connectivity index (χ1v) is 13.1. The van der Waals surface area contributed by atoms with Crippen molar-refractivity contribution in [2.24, 2.45) is 5.92 Å². The largest absolute Gasteiger partial charge is 0.459 e. The zero-order chi connectivity index (χ0) is 24.2. The summed E-state index contributed by atoms with van der Waals surface area (Å²) in [6.07, 6.45) is 4.86. The molecule has 0 radical (unpaired) electrons. The standard InChI is InChI=1S/C26H31ClN6OS/c1-18-5-4-14-33(17-18)24-15-23(32-12-2-3-13-32)29-25(30-24)31-26(35)28-16-21-10-11-22(34-21)19-6-8-20(27)9-7-19/h6-11,15,18H,2-5,12-14,16-17H2,1H3,(H2,28,29,30,31,35). The average molecular weight is 511 g/mol. The van der Waals surface area contributed by atoms with Gasteiger partial charge in [0.05, 0.1) is 6.54 Å². The number of aromatic nitrogens is 2. The van der Waals surface area contributed by atoms with E-state index in [1.54, 1.807) is 0 Å². The predicted molar refractivity (Wildman–Crippen MR) is 146 cm³/mol. The third-order valence-corrected chi connectivity index (χ3v) is 7.05. The van der Waals surface area contributed by atoms with Gasteiger partial charge in [0.25, 0.3) is 0 Å². The molecule has 5 rings (SSSR count). The molecule has 0 amide bonds. The Morgan fingerprint density at radius 3 is 2.49 bits per heavy atom. The van der Waals surface area contributed by atoms with Crippen LogP contribution in [-0.2, 0) is 6.54 Å². The molecule has 2 saturated heterocycles. The summed E-state index contributed by atoms with van der Waals surface area (Å²) in [5.41, 5.74) is 0.980. The third-order valence-electron chi connectivity index (χ3n) is 6.55. The maximum absolute atomic E-state index is 5.98. The van der Waals surface area contributed by atoms with Crippen molar-refractivity contribution in [3.63, 3.8) is 0 Å². The Hall–Kier alpha value is -2.84. The molecule has 1 unspecified atom stereocenters. The van der Waals surface area contributed by atoms with Crippen molar-refractivity contribution in [1.29, 1.82) is 0 Å². The first-order valence-electron chi connectivity index (χ1n) is 12.3. The number of benzene rings is 1. The van der Waals surface area contributed by atoms with E-state index in [4.69, 9.17) is 38.2 Å². The van der Waals surface area contributed by atoms with Gasteiger partial charge in [-0.3, -0.25) is 0 Å². The van der Waals surface area contributed by atoms with Crippen molar-refractivity contribution >= 4 is 46.5 Å². The summed E-state index contributed by atoms with van der Waals surface area (Å²) in [4.78, 5) is 14.3. The van der Waals surface area contributed by atoms with Crippen LogP contribution in [0.2, 0.25) is 5.02 Å². The van der Waals surface area contributed by atoms with Crippen molar-refractivity contribution < 1.29 is 4.42 Å². The number of piperidine rings is 1. The summed E-state index contributed by atoms with van der Waals surface area (Å²) in [5.74, 6) is 4.71. The highest BCUT2D eigenvalue weighted by atomic mass is 35.5. The van der Waals surface area contributed by atoms with Crippen LogP contribution in [0.3, 0.4) is 0 Å². The molecule has 35 heavy (non-hydrogen) atoms. The normalized spacial score (nSPS) is 18.1. The number of thiocarbonyl (C=S) groups is 1. The number of hydrogen-bond donors (Lipinski definition) is 2. The van der Waals surface area contributed by atoms with Crippen LogP contribution in [0.25, 0.3) is 11.3 Å². The number of nitrogens with one attached hydrogen (secondary N) is 2. The number of halogens is 1. The highest BCUT2D eigenvalue weighted by Crippen LogP contribution is 2.28. The van der Waals surface area contributed by atoms with Crippen LogP contribution in [-0.4, -0.2) is 41.3 Å². The maximum atomic E-state index is 5.98. The van der Waals surface area contributed by atoms with E-state index in [9.17, 15) is 0 Å². The molecule has 2 fully saturated rings. The molecular formula is C26H31ClN6OS. The fourth-order valence-corrected chi connectivity index (χ4v) is 4.99. The minimum atomic E-state index is 0.460. The van der Waals surface area contributed by atoms with Gasteiger partial charge in [-0.1, -0.05) is 18.5 Å². The van der Waals surface area contributed by atoms with Gasteiger partial charge in [0.15, 0.2) is 5.11 Å². The minimum absolute atomic E-state index is 0.460. The average Bonchev–Trinajstić information content (AvgIpc) is 3.56. The Morgan fingerprint density at radius 1 is 1.03 bits per heavy atom. The molecule has 9 heteroatoms. The highest BCUT2D eigenvalue weighted by molar-refractivity contribution is 7.80. The van der Waals surface area contributed by atoms with Gasteiger partial charge in [-0.05, 0) is 80.2 Å². The molecule has 3 aromatic rings. The van der Waals surface area contributed by atoms with Crippen LogP contribution in [0.1, 0.15) is 38.4 Å². The first-order chi connectivity index (χ1) is 17.0. The van der Waals surface area contributed by atoms with E-state index >= 15 is 0 Å². The molecule has 2 aromatic heterocycles. The van der Waals surface area contributed by atoms with Gasteiger partial charge in [-0.25, -0.2) is 0 Å². The van der Waals surface area contributed by atoms with Crippen molar-refractivity contribution in [3.05, 3.63) is 53.2 Å². The minimum Gasteiger partial charge on any atom is -0.459 e. The van der Waals surface area contributed by atoms with Gasteiger partial charge < -0.3 is 24.9 Å². The molecule has 184 valence electrons. The lowest BCUT2D eigenvalue weighted by Crippen LogP contribution is -2.35. The Labute approximate surface area is 216 Å². The molecule has 1 atom stereocenters. The van der Waals surface area contributed by atoms with Crippen LogP contribution in [0.5, 0.6) is 0 Å². The van der Waals surface area contributed by atoms with E-state index in [0.29, 0.717) is 28.5 Å². The van der Waals surface area contributed by atoms with Crippen molar-refractivity contribution in [2.75, 3.05) is 41.3 Å². The second-order valence-corrected chi connectivity index (χ2v) is 10.2. The molecule has 1 aromatic carbocycles.